The van der Waals surface area contributed by atoms with Crippen molar-refractivity contribution >= 4 is 34.7 Å². The number of carbonyl (C=O) groups is 1. The van der Waals surface area contributed by atoms with Crippen molar-refractivity contribution in [1.82, 2.24) is 5.43 Å². The first kappa shape index (κ1) is 19.0. The van der Waals surface area contributed by atoms with Crippen LogP contribution in [0.25, 0.3) is 0 Å². The van der Waals surface area contributed by atoms with Crippen molar-refractivity contribution in [3.8, 4) is 17.2 Å². The fourth-order valence-electron chi connectivity index (χ4n) is 2.16. The number of methoxy groups -OCH3 is 3. The summed E-state index contributed by atoms with van der Waals surface area (Å²) in [6.07, 6.45) is 1.57. The minimum Gasteiger partial charge on any atom is -0.496 e. The molecular formula is C18H19IN2O4. The monoisotopic (exact) mass is 454 g/mol. The van der Waals surface area contributed by atoms with Gasteiger partial charge in [0.05, 0.1) is 31.1 Å². The van der Waals surface area contributed by atoms with E-state index in [1.165, 1.54) is 0 Å². The van der Waals surface area contributed by atoms with Crippen LogP contribution in [-0.2, 0) is 0 Å². The van der Waals surface area contributed by atoms with Gasteiger partial charge in [-0.05, 0) is 65.4 Å². The SMILES string of the molecule is COc1cc(C(=O)N/N=C/c2cc(OC)c(OC)cc2C)ccc1I. The summed E-state index contributed by atoms with van der Waals surface area (Å²) in [5.74, 6) is 1.58. The molecule has 1 amide bonds. The number of nitrogens with zero attached hydrogens (tertiary/aromatic N) is 1. The summed E-state index contributed by atoms with van der Waals surface area (Å²) in [5, 5.41) is 4.02. The molecule has 0 aliphatic rings. The Bertz CT molecular complexity index is 806. The summed E-state index contributed by atoms with van der Waals surface area (Å²) in [4.78, 5) is 12.2. The molecule has 0 aliphatic carbocycles. The Balaban J connectivity index is 2.14. The van der Waals surface area contributed by atoms with Gasteiger partial charge in [0.25, 0.3) is 5.91 Å². The minimum absolute atomic E-state index is 0.316. The Labute approximate surface area is 160 Å². The van der Waals surface area contributed by atoms with Gasteiger partial charge in [-0.25, -0.2) is 5.43 Å². The van der Waals surface area contributed by atoms with Crippen LogP contribution in [0.4, 0.5) is 0 Å². The molecule has 2 aromatic carbocycles. The molecule has 0 heterocycles. The van der Waals surface area contributed by atoms with Crippen molar-refractivity contribution in [2.24, 2.45) is 5.10 Å². The van der Waals surface area contributed by atoms with Gasteiger partial charge in [0, 0.05) is 11.1 Å². The molecule has 0 spiro atoms. The van der Waals surface area contributed by atoms with E-state index >= 15 is 0 Å². The molecule has 0 saturated heterocycles. The Morgan fingerprint density at radius 1 is 1.04 bits per heavy atom. The van der Waals surface area contributed by atoms with Gasteiger partial charge < -0.3 is 14.2 Å². The number of benzene rings is 2. The highest BCUT2D eigenvalue weighted by atomic mass is 127. The third kappa shape index (κ3) is 4.62. The Kier molecular flexibility index (Phi) is 6.63. The lowest BCUT2D eigenvalue weighted by atomic mass is 10.1. The smallest absolute Gasteiger partial charge is 0.271 e. The van der Waals surface area contributed by atoms with Gasteiger partial charge in [-0.2, -0.15) is 5.10 Å². The van der Waals surface area contributed by atoms with Crippen LogP contribution in [0.15, 0.2) is 35.4 Å². The number of hydrogen-bond donors (Lipinski definition) is 1. The maximum absolute atomic E-state index is 12.2. The normalized spacial score (nSPS) is 10.6. The molecule has 0 unspecified atom stereocenters. The summed E-state index contributed by atoms with van der Waals surface area (Å²) in [6.45, 7) is 1.93. The van der Waals surface area contributed by atoms with E-state index in [2.05, 4.69) is 33.1 Å². The topological polar surface area (TPSA) is 69.2 Å². The van der Waals surface area contributed by atoms with Gasteiger partial charge in [-0.15, -0.1) is 0 Å². The second kappa shape index (κ2) is 8.70. The number of amides is 1. The van der Waals surface area contributed by atoms with Crippen LogP contribution in [0, 0.1) is 10.5 Å². The first-order valence-corrected chi connectivity index (χ1v) is 8.47. The van der Waals surface area contributed by atoms with Crippen LogP contribution in [0.1, 0.15) is 21.5 Å². The molecule has 0 atom stereocenters. The third-order valence-electron chi connectivity index (χ3n) is 3.56. The van der Waals surface area contributed by atoms with Gasteiger partial charge in [0.15, 0.2) is 11.5 Å². The summed E-state index contributed by atoms with van der Waals surface area (Å²) >= 11 is 2.14. The maximum atomic E-state index is 12.2. The molecule has 2 aromatic rings. The lowest BCUT2D eigenvalue weighted by Crippen LogP contribution is -2.17. The van der Waals surface area contributed by atoms with E-state index in [-0.39, 0.29) is 5.91 Å². The average Bonchev–Trinajstić information content (AvgIpc) is 2.62. The van der Waals surface area contributed by atoms with E-state index in [1.54, 1.807) is 45.7 Å². The van der Waals surface area contributed by atoms with E-state index in [9.17, 15) is 4.79 Å². The highest BCUT2D eigenvalue weighted by Gasteiger charge is 2.09. The molecule has 0 aliphatic heterocycles. The molecule has 1 N–H and O–H groups in total. The standard InChI is InChI=1S/C18H19IN2O4/c1-11-7-16(24-3)17(25-4)9-13(11)10-20-21-18(22)12-5-6-14(19)15(8-12)23-2/h5-10H,1-4H3,(H,21,22)/b20-10+. The number of ether oxygens (including phenoxy) is 3. The highest BCUT2D eigenvalue weighted by Crippen LogP contribution is 2.29. The summed E-state index contributed by atoms with van der Waals surface area (Å²) in [7, 11) is 4.72. The molecule has 25 heavy (non-hydrogen) atoms. The van der Waals surface area contributed by atoms with E-state index in [4.69, 9.17) is 14.2 Å². The van der Waals surface area contributed by atoms with Crippen LogP contribution in [0.3, 0.4) is 0 Å². The number of hydrazone groups is 1. The number of halogens is 1. The zero-order valence-corrected chi connectivity index (χ0v) is 16.6. The predicted octanol–water partition coefficient (Wildman–Crippen LogP) is 3.39. The number of hydrogen-bond acceptors (Lipinski definition) is 5. The van der Waals surface area contributed by atoms with Crippen molar-refractivity contribution in [2.45, 2.75) is 6.92 Å². The highest BCUT2D eigenvalue weighted by molar-refractivity contribution is 14.1. The predicted molar refractivity (Wildman–Crippen MR) is 105 cm³/mol. The molecule has 6 nitrogen and oxygen atoms in total. The van der Waals surface area contributed by atoms with E-state index < -0.39 is 0 Å². The van der Waals surface area contributed by atoms with Gasteiger partial charge in [0.1, 0.15) is 5.75 Å². The zero-order valence-electron chi connectivity index (χ0n) is 14.4. The number of aryl methyl sites for hydroxylation is 1. The van der Waals surface area contributed by atoms with Gasteiger partial charge in [0.2, 0.25) is 0 Å². The second-order valence-electron chi connectivity index (χ2n) is 5.11. The molecule has 0 bridgehead atoms. The van der Waals surface area contributed by atoms with Crippen LogP contribution in [-0.4, -0.2) is 33.5 Å². The molecule has 2 rings (SSSR count). The molecule has 0 fully saturated rings. The van der Waals surface area contributed by atoms with Crippen LogP contribution in [0.2, 0.25) is 0 Å². The zero-order chi connectivity index (χ0) is 18.4. The largest absolute Gasteiger partial charge is 0.496 e. The lowest BCUT2D eigenvalue weighted by Gasteiger charge is -2.10. The van der Waals surface area contributed by atoms with Crippen molar-refractivity contribution in [1.29, 1.82) is 0 Å². The van der Waals surface area contributed by atoms with Gasteiger partial charge in [-0.3, -0.25) is 4.79 Å². The Hall–Kier alpha value is -2.29. The number of carbonyl (C=O) groups excluding carboxylic acids is 1. The van der Waals surface area contributed by atoms with Crippen LogP contribution < -0.4 is 19.6 Å². The van der Waals surface area contributed by atoms with Crippen molar-refractivity contribution < 1.29 is 19.0 Å². The van der Waals surface area contributed by atoms with Crippen molar-refractivity contribution in [2.75, 3.05) is 21.3 Å². The van der Waals surface area contributed by atoms with Crippen molar-refractivity contribution in [3.63, 3.8) is 0 Å². The molecule has 0 radical (unpaired) electrons. The van der Waals surface area contributed by atoms with Gasteiger partial charge in [-0.1, -0.05) is 0 Å². The first-order valence-electron chi connectivity index (χ1n) is 7.39. The third-order valence-corrected chi connectivity index (χ3v) is 4.45. The van der Waals surface area contributed by atoms with E-state index in [0.29, 0.717) is 22.8 Å². The average molecular weight is 454 g/mol. The Morgan fingerprint density at radius 2 is 1.68 bits per heavy atom. The molecular weight excluding hydrogens is 435 g/mol. The maximum Gasteiger partial charge on any atom is 0.271 e. The van der Waals surface area contributed by atoms with Crippen LogP contribution in [0.5, 0.6) is 17.2 Å². The van der Waals surface area contributed by atoms with Crippen molar-refractivity contribution in [3.05, 3.63) is 50.6 Å². The molecule has 132 valence electrons. The summed E-state index contributed by atoms with van der Waals surface area (Å²) in [6, 6.07) is 8.87. The van der Waals surface area contributed by atoms with E-state index in [0.717, 1.165) is 14.7 Å². The fourth-order valence-corrected chi connectivity index (χ4v) is 2.72. The number of nitrogens with one attached hydrogen (secondary N) is 1. The van der Waals surface area contributed by atoms with Gasteiger partial charge >= 0.3 is 0 Å². The second-order valence-corrected chi connectivity index (χ2v) is 6.27. The van der Waals surface area contributed by atoms with E-state index in [1.807, 2.05) is 19.1 Å². The Morgan fingerprint density at radius 3 is 2.32 bits per heavy atom. The van der Waals surface area contributed by atoms with Crippen LogP contribution >= 0.6 is 22.6 Å². The molecule has 7 heteroatoms. The summed E-state index contributed by atoms with van der Waals surface area (Å²) < 4.78 is 16.7. The molecule has 0 aromatic heterocycles. The first-order chi connectivity index (χ1) is 12.0. The summed E-state index contributed by atoms with van der Waals surface area (Å²) in [5.41, 5.74) is 4.75. The quantitative estimate of drug-likeness (QED) is 0.413. The lowest BCUT2D eigenvalue weighted by molar-refractivity contribution is 0.0954. The minimum atomic E-state index is -0.316. The molecule has 0 saturated carbocycles. The number of rotatable bonds is 6. The fraction of sp³-hybridized carbons (Fsp3) is 0.222.